The summed E-state index contributed by atoms with van der Waals surface area (Å²) in [6.45, 7) is 0.309. The van der Waals surface area contributed by atoms with Gasteiger partial charge in [-0.3, -0.25) is 9.78 Å². The SMILES string of the molecule is O=C(NCc1nc2ncccc2[nH]1)c1ccc(C[C@@H]2CC[C@H]([C@H](O)c3cccnc3)N2)cc1. The van der Waals surface area contributed by atoms with Crippen molar-refractivity contribution in [3.05, 3.63) is 89.6 Å². The van der Waals surface area contributed by atoms with Gasteiger partial charge in [0.05, 0.1) is 18.2 Å². The van der Waals surface area contributed by atoms with E-state index in [0.717, 1.165) is 35.9 Å². The van der Waals surface area contributed by atoms with Gasteiger partial charge in [0.2, 0.25) is 0 Å². The van der Waals surface area contributed by atoms with Crippen LogP contribution < -0.4 is 10.6 Å². The fraction of sp³-hybridized carbons (Fsp3) is 0.280. The van der Waals surface area contributed by atoms with Gasteiger partial charge in [-0.05, 0) is 55.2 Å². The maximum atomic E-state index is 12.5. The number of fused-ring (bicyclic) bond motifs is 1. The van der Waals surface area contributed by atoms with Crippen molar-refractivity contribution in [3.8, 4) is 0 Å². The first kappa shape index (κ1) is 21.2. The van der Waals surface area contributed by atoms with Gasteiger partial charge in [0, 0.05) is 41.8 Å². The molecule has 1 saturated heterocycles. The number of imidazole rings is 1. The van der Waals surface area contributed by atoms with Crippen LogP contribution in [0.4, 0.5) is 0 Å². The molecule has 5 rings (SSSR count). The maximum Gasteiger partial charge on any atom is 0.251 e. The van der Waals surface area contributed by atoms with E-state index >= 15 is 0 Å². The van der Waals surface area contributed by atoms with Crippen LogP contribution in [0.5, 0.6) is 0 Å². The number of aliphatic hydroxyl groups excluding tert-OH is 1. The molecule has 1 fully saturated rings. The highest BCUT2D eigenvalue weighted by molar-refractivity contribution is 5.94. The third-order valence-electron chi connectivity index (χ3n) is 6.10. The molecule has 0 saturated carbocycles. The minimum atomic E-state index is -0.558. The second-order valence-electron chi connectivity index (χ2n) is 8.42. The Morgan fingerprint density at radius 3 is 2.76 bits per heavy atom. The molecule has 4 heterocycles. The lowest BCUT2D eigenvalue weighted by molar-refractivity contribution is 0.0950. The number of nitrogens with zero attached hydrogens (tertiary/aromatic N) is 3. The van der Waals surface area contributed by atoms with Gasteiger partial charge >= 0.3 is 0 Å². The van der Waals surface area contributed by atoms with Crippen molar-refractivity contribution in [2.24, 2.45) is 0 Å². The zero-order valence-electron chi connectivity index (χ0n) is 18.1. The van der Waals surface area contributed by atoms with Crippen LogP contribution in [0.3, 0.4) is 0 Å². The van der Waals surface area contributed by atoms with Crippen LogP contribution in [0.1, 0.15) is 46.3 Å². The third kappa shape index (κ3) is 4.92. The van der Waals surface area contributed by atoms with Gasteiger partial charge in [0.1, 0.15) is 5.82 Å². The number of aliphatic hydroxyl groups is 1. The predicted octanol–water partition coefficient (Wildman–Crippen LogP) is 2.68. The largest absolute Gasteiger partial charge is 0.387 e. The van der Waals surface area contributed by atoms with Crippen molar-refractivity contribution in [2.75, 3.05) is 0 Å². The Labute approximate surface area is 191 Å². The van der Waals surface area contributed by atoms with Gasteiger partial charge in [-0.15, -0.1) is 0 Å². The van der Waals surface area contributed by atoms with Crippen LogP contribution in [-0.4, -0.2) is 43.0 Å². The second kappa shape index (κ2) is 9.48. The van der Waals surface area contributed by atoms with Crippen molar-refractivity contribution in [3.63, 3.8) is 0 Å². The summed E-state index contributed by atoms with van der Waals surface area (Å²) in [6, 6.07) is 15.5. The number of pyridine rings is 2. The summed E-state index contributed by atoms with van der Waals surface area (Å²) in [5.41, 5.74) is 4.09. The standard InChI is InChI=1S/C25H26N6O2/c32-23(18-3-1-11-26-14-18)20-10-9-19(29-20)13-16-5-7-17(8-6-16)25(33)28-15-22-30-21-4-2-12-27-24(21)31-22/h1-8,11-12,14,19-20,23,29,32H,9-10,13,15H2,(H,28,33)(H,27,30,31)/t19-,20+,23+/m0/s1. The first-order valence-electron chi connectivity index (χ1n) is 11.2. The monoisotopic (exact) mass is 442 g/mol. The predicted molar refractivity (Wildman–Crippen MR) is 124 cm³/mol. The number of rotatable bonds is 7. The highest BCUT2D eigenvalue weighted by atomic mass is 16.3. The van der Waals surface area contributed by atoms with Gasteiger partial charge in [-0.2, -0.15) is 0 Å². The molecule has 1 amide bonds. The van der Waals surface area contributed by atoms with Crippen LogP contribution in [0.15, 0.2) is 67.1 Å². The summed E-state index contributed by atoms with van der Waals surface area (Å²) >= 11 is 0. The number of aromatic nitrogens is 4. The number of aromatic amines is 1. The summed E-state index contributed by atoms with van der Waals surface area (Å²) in [5, 5.41) is 17.1. The number of carbonyl (C=O) groups is 1. The van der Waals surface area contributed by atoms with E-state index in [-0.39, 0.29) is 11.9 Å². The molecule has 1 aliphatic rings. The highest BCUT2D eigenvalue weighted by Crippen LogP contribution is 2.26. The van der Waals surface area contributed by atoms with Gasteiger partial charge in [-0.25, -0.2) is 9.97 Å². The van der Waals surface area contributed by atoms with Gasteiger partial charge < -0.3 is 20.7 Å². The van der Waals surface area contributed by atoms with Crippen molar-refractivity contribution in [1.82, 2.24) is 30.6 Å². The van der Waals surface area contributed by atoms with Gasteiger partial charge in [0.15, 0.2) is 5.65 Å². The lowest BCUT2D eigenvalue weighted by atomic mass is 10.0. The fourth-order valence-corrected chi connectivity index (χ4v) is 4.36. The molecule has 3 aromatic heterocycles. The number of carbonyl (C=O) groups excluding carboxylic acids is 1. The Hall–Kier alpha value is -3.62. The minimum absolute atomic E-state index is 0.0256. The molecule has 168 valence electrons. The second-order valence-corrected chi connectivity index (χ2v) is 8.42. The van der Waals surface area contributed by atoms with Crippen molar-refractivity contribution >= 4 is 17.1 Å². The molecule has 0 spiro atoms. The molecular weight excluding hydrogens is 416 g/mol. The van der Waals surface area contributed by atoms with Gasteiger partial charge in [0.25, 0.3) is 5.91 Å². The highest BCUT2D eigenvalue weighted by Gasteiger charge is 2.30. The fourth-order valence-electron chi connectivity index (χ4n) is 4.36. The number of H-pyrrole nitrogens is 1. The Morgan fingerprint density at radius 2 is 1.97 bits per heavy atom. The van der Waals surface area contributed by atoms with E-state index in [4.69, 9.17) is 0 Å². The Kier molecular flexibility index (Phi) is 6.10. The number of amides is 1. The molecule has 8 heteroatoms. The summed E-state index contributed by atoms with van der Waals surface area (Å²) in [7, 11) is 0. The molecule has 33 heavy (non-hydrogen) atoms. The van der Waals surface area contributed by atoms with E-state index in [1.165, 1.54) is 0 Å². The van der Waals surface area contributed by atoms with E-state index in [1.54, 1.807) is 18.6 Å². The molecular formula is C25H26N6O2. The Bertz CT molecular complexity index is 1190. The van der Waals surface area contributed by atoms with Crippen LogP contribution in [0, 0.1) is 0 Å². The summed E-state index contributed by atoms with van der Waals surface area (Å²) in [5.74, 6) is 0.526. The lowest BCUT2D eigenvalue weighted by Crippen LogP contribution is -2.35. The Balaban J connectivity index is 1.13. The Morgan fingerprint density at radius 1 is 1.12 bits per heavy atom. The van der Waals surface area contributed by atoms with E-state index < -0.39 is 6.10 Å². The number of nitrogens with one attached hydrogen (secondary N) is 3. The van der Waals surface area contributed by atoms with Crippen molar-refractivity contribution in [2.45, 2.75) is 44.0 Å². The molecule has 3 atom stereocenters. The summed E-state index contributed by atoms with van der Waals surface area (Å²) in [6.07, 6.45) is 7.32. The van der Waals surface area contributed by atoms with Crippen molar-refractivity contribution in [1.29, 1.82) is 0 Å². The normalized spacial score (nSPS) is 18.9. The zero-order chi connectivity index (χ0) is 22.6. The van der Waals surface area contributed by atoms with Crippen LogP contribution in [0.25, 0.3) is 11.2 Å². The minimum Gasteiger partial charge on any atom is -0.387 e. The van der Waals surface area contributed by atoms with E-state index in [9.17, 15) is 9.90 Å². The lowest BCUT2D eigenvalue weighted by Gasteiger charge is -2.20. The number of hydrogen-bond acceptors (Lipinski definition) is 6. The molecule has 4 aromatic rings. The molecule has 0 radical (unpaired) electrons. The van der Waals surface area contributed by atoms with Gasteiger partial charge in [-0.1, -0.05) is 18.2 Å². The van der Waals surface area contributed by atoms with Crippen LogP contribution in [0.2, 0.25) is 0 Å². The zero-order valence-corrected chi connectivity index (χ0v) is 18.1. The van der Waals surface area contributed by atoms with Crippen LogP contribution in [-0.2, 0) is 13.0 Å². The first-order chi connectivity index (χ1) is 16.2. The average molecular weight is 443 g/mol. The summed E-state index contributed by atoms with van der Waals surface area (Å²) in [4.78, 5) is 28.4. The van der Waals surface area contributed by atoms with E-state index in [1.807, 2.05) is 48.5 Å². The quantitative estimate of drug-likeness (QED) is 0.350. The average Bonchev–Trinajstić information content (AvgIpc) is 3.50. The molecule has 0 unspecified atom stereocenters. The topological polar surface area (TPSA) is 116 Å². The molecule has 0 aliphatic carbocycles. The molecule has 8 nitrogen and oxygen atoms in total. The van der Waals surface area contributed by atoms with E-state index in [0.29, 0.717) is 29.6 Å². The maximum absolute atomic E-state index is 12.5. The molecule has 0 bridgehead atoms. The molecule has 1 aliphatic heterocycles. The molecule has 4 N–H and O–H groups in total. The van der Waals surface area contributed by atoms with Crippen LogP contribution >= 0.6 is 0 Å². The molecule has 1 aromatic carbocycles. The third-order valence-corrected chi connectivity index (χ3v) is 6.10. The first-order valence-corrected chi connectivity index (χ1v) is 11.2. The van der Waals surface area contributed by atoms with Crippen molar-refractivity contribution < 1.29 is 9.90 Å². The smallest absolute Gasteiger partial charge is 0.251 e. The number of hydrogen-bond donors (Lipinski definition) is 4. The number of benzene rings is 1. The summed E-state index contributed by atoms with van der Waals surface area (Å²) < 4.78 is 0. The van der Waals surface area contributed by atoms with E-state index in [2.05, 4.69) is 30.6 Å².